The Kier molecular flexibility index (Phi) is 3.21. The van der Waals surface area contributed by atoms with Gasteiger partial charge in [0.2, 0.25) is 5.91 Å². The summed E-state index contributed by atoms with van der Waals surface area (Å²) in [6.45, 7) is 4.20. The third-order valence-corrected chi connectivity index (χ3v) is 5.80. The van der Waals surface area contributed by atoms with E-state index >= 15 is 0 Å². The molecule has 0 aromatic carbocycles. The van der Waals surface area contributed by atoms with Crippen molar-refractivity contribution in [3.63, 3.8) is 0 Å². The first-order chi connectivity index (χ1) is 9.13. The maximum atomic E-state index is 12.2. The molecule has 2 aliphatic rings. The molecule has 1 heterocycles. The maximum absolute atomic E-state index is 12.2. The van der Waals surface area contributed by atoms with Crippen molar-refractivity contribution in [2.24, 2.45) is 22.4 Å². The summed E-state index contributed by atoms with van der Waals surface area (Å²) in [6.07, 6.45) is 4.96. The Bertz CT molecular complexity index is 508. The molecule has 0 saturated heterocycles. The maximum Gasteiger partial charge on any atom is 0.244 e. The lowest BCUT2D eigenvalue weighted by Gasteiger charge is -2.15. The topological polar surface area (TPSA) is 41.5 Å². The molecular weight excluding hydrogens is 256 g/mol. The zero-order valence-corrected chi connectivity index (χ0v) is 12.3. The molecule has 19 heavy (non-hydrogen) atoms. The van der Waals surface area contributed by atoms with Gasteiger partial charge in [-0.2, -0.15) is 5.10 Å². The minimum atomic E-state index is 0.116. The number of hydrazone groups is 1. The second-order valence-electron chi connectivity index (χ2n) is 5.99. The molecule has 1 amide bonds. The van der Waals surface area contributed by atoms with E-state index in [0.717, 1.165) is 10.6 Å². The third-order valence-electron chi connectivity index (χ3n) is 4.83. The molecule has 102 valence electrons. The van der Waals surface area contributed by atoms with Gasteiger partial charge in [0.1, 0.15) is 0 Å². The van der Waals surface area contributed by atoms with Crippen molar-refractivity contribution >= 4 is 23.0 Å². The number of hydrogen-bond acceptors (Lipinski definition) is 3. The van der Waals surface area contributed by atoms with Gasteiger partial charge in [0, 0.05) is 10.8 Å². The summed E-state index contributed by atoms with van der Waals surface area (Å²) in [5.41, 5.74) is 3.91. The first-order valence-electron chi connectivity index (χ1n) is 7.01. The first kappa shape index (κ1) is 12.9. The molecule has 0 bridgehead atoms. The highest BCUT2D eigenvalue weighted by Gasteiger charge is 2.64. The number of carbonyl (C=O) groups is 1. The zero-order valence-electron chi connectivity index (χ0n) is 11.5. The van der Waals surface area contributed by atoms with E-state index in [9.17, 15) is 4.79 Å². The molecule has 2 saturated carbocycles. The van der Waals surface area contributed by atoms with Crippen molar-refractivity contribution in [1.82, 2.24) is 5.43 Å². The van der Waals surface area contributed by atoms with Gasteiger partial charge in [0.15, 0.2) is 0 Å². The quantitative estimate of drug-likeness (QED) is 0.667. The molecule has 0 spiro atoms. The van der Waals surface area contributed by atoms with E-state index in [1.165, 1.54) is 25.7 Å². The highest BCUT2D eigenvalue weighted by atomic mass is 32.1. The molecule has 1 N–H and O–H groups in total. The molecule has 3 rings (SSSR count). The number of thiophene rings is 1. The molecule has 0 radical (unpaired) electrons. The van der Waals surface area contributed by atoms with Crippen LogP contribution in [0.25, 0.3) is 0 Å². The van der Waals surface area contributed by atoms with Crippen LogP contribution >= 0.6 is 11.3 Å². The summed E-state index contributed by atoms with van der Waals surface area (Å²) in [6, 6.07) is 4.02. The fraction of sp³-hybridized carbons (Fsp3) is 0.600. The standard InChI is InChI=1S/C15H20N2OS/c1-10(12-7-5-9-19-12)16-17-14(18)13-11-6-3-4-8-15(11,13)2/h5,7,9,11,13H,3-4,6,8H2,1-2H3,(H,17,18)/b16-10-/t11-,13+,15+/m1/s1. The Balaban J connectivity index is 1.62. The summed E-state index contributed by atoms with van der Waals surface area (Å²) >= 11 is 1.64. The van der Waals surface area contributed by atoms with Crippen molar-refractivity contribution in [1.29, 1.82) is 0 Å². The summed E-state index contributed by atoms with van der Waals surface area (Å²) in [4.78, 5) is 13.3. The van der Waals surface area contributed by atoms with E-state index in [4.69, 9.17) is 0 Å². The summed E-state index contributed by atoms with van der Waals surface area (Å²) in [5, 5.41) is 6.26. The smallest absolute Gasteiger partial charge is 0.244 e. The Morgan fingerprint density at radius 3 is 3.00 bits per heavy atom. The minimum Gasteiger partial charge on any atom is -0.273 e. The van der Waals surface area contributed by atoms with Crippen molar-refractivity contribution in [3.8, 4) is 0 Å². The lowest BCUT2D eigenvalue weighted by Crippen LogP contribution is -2.23. The van der Waals surface area contributed by atoms with Crippen molar-refractivity contribution < 1.29 is 4.79 Å². The van der Waals surface area contributed by atoms with Crippen molar-refractivity contribution in [2.75, 3.05) is 0 Å². The number of nitrogens with zero attached hydrogens (tertiary/aromatic N) is 1. The predicted molar refractivity (Wildman–Crippen MR) is 78.2 cm³/mol. The molecule has 0 aliphatic heterocycles. The van der Waals surface area contributed by atoms with Crippen LogP contribution in [0.2, 0.25) is 0 Å². The number of fused-ring (bicyclic) bond motifs is 1. The van der Waals surface area contributed by atoms with Crippen LogP contribution in [-0.2, 0) is 4.79 Å². The Morgan fingerprint density at radius 2 is 2.37 bits per heavy atom. The number of amides is 1. The summed E-state index contributed by atoms with van der Waals surface area (Å²) in [7, 11) is 0. The second-order valence-corrected chi connectivity index (χ2v) is 6.93. The van der Waals surface area contributed by atoms with E-state index in [1.807, 2.05) is 24.4 Å². The van der Waals surface area contributed by atoms with Crippen LogP contribution in [0.5, 0.6) is 0 Å². The second kappa shape index (κ2) is 4.75. The Labute approximate surface area is 118 Å². The van der Waals surface area contributed by atoms with Gasteiger partial charge < -0.3 is 0 Å². The van der Waals surface area contributed by atoms with Gasteiger partial charge in [0.05, 0.1) is 5.71 Å². The minimum absolute atomic E-state index is 0.116. The van der Waals surface area contributed by atoms with Crippen molar-refractivity contribution in [2.45, 2.75) is 39.5 Å². The summed E-state index contributed by atoms with van der Waals surface area (Å²) < 4.78 is 0. The predicted octanol–water partition coefficient (Wildman–Crippen LogP) is 3.41. The van der Waals surface area contributed by atoms with Crippen LogP contribution in [0.1, 0.15) is 44.4 Å². The first-order valence-corrected chi connectivity index (χ1v) is 7.89. The Morgan fingerprint density at radius 1 is 1.53 bits per heavy atom. The molecule has 1 aromatic heterocycles. The summed E-state index contributed by atoms with van der Waals surface area (Å²) in [5.74, 6) is 0.902. The van der Waals surface area contributed by atoms with E-state index in [0.29, 0.717) is 5.92 Å². The van der Waals surface area contributed by atoms with Crippen LogP contribution in [0, 0.1) is 17.3 Å². The lowest BCUT2D eigenvalue weighted by atomic mass is 9.90. The van der Waals surface area contributed by atoms with Crippen LogP contribution in [-0.4, -0.2) is 11.6 Å². The van der Waals surface area contributed by atoms with Gasteiger partial charge in [-0.15, -0.1) is 11.3 Å². The highest BCUT2D eigenvalue weighted by Crippen LogP contribution is 2.66. The van der Waals surface area contributed by atoms with Gasteiger partial charge in [-0.3, -0.25) is 4.79 Å². The van der Waals surface area contributed by atoms with E-state index in [2.05, 4.69) is 17.5 Å². The van der Waals surface area contributed by atoms with Crippen LogP contribution < -0.4 is 5.43 Å². The van der Waals surface area contributed by atoms with Gasteiger partial charge in [-0.05, 0) is 42.5 Å². The van der Waals surface area contributed by atoms with Crippen LogP contribution in [0.3, 0.4) is 0 Å². The largest absolute Gasteiger partial charge is 0.273 e. The van der Waals surface area contributed by atoms with Gasteiger partial charge in [-0.25, -0.2) is 5.43 Å². The van der Waals surface area contributed by atoms with Gasteiger partial charge >= 0.3 is 0 Å². The number of nitrogens with one attached hydrogen (secondary N) is 1. The fourth-order valence-electron chi connectivity index (χ4n) is 3.60. The number of rotatable bonds is 3. The van der Waals surface area contributed by atoms with Crippen LogP contribution in [0.4, 0.5) is 0 Å². The molecule has 3 atom stereocenters. The Hall–Kier alpha value is -1.16. The average Bonchev–Trinajstić information content (AvgIpc) is 2.77. The fourth-order valence-corrected chi connectivity index (χ4v) is 4.28. The molecular formula is C15H20N2OS. The van der Waals surface area contributed by atoms with Crippen molar-refractivity contribution in [3.05, 3.63) is 22.4 Å². The van der Waals surface area contributed by atoms with Gasteiger partial charge in [-0.1, -0.05) is 25.8 Å². The van der Waals surface area contributed by atoms with E-state index in [-0.39, 0.29) is 17.2 Å². The molecule has 0 unspecified atom stereocenters. The molecule has 1 aromatic rings. The molecule has 2 fully saturated rings. The molecule has 3 nitrogen and oxygen atoms in total. The molecule has 2 aliphatic carbocycles. The highest BCUT2D eigenvalue weighted by molar-refractivity contribution is 7.12. The van der Waals surface area contributed by atoms with Gasteiger partial charge in [0.25, 0.3) is 0 Å². The normalized spacial score (nSPS) is 33.7. The van der Waals surface area contributed by atoms with E-state index in [1.54, 1.807) is 11.3 Å². The monoisotopic (exact) mass is 276 g/mol. The average molecular weight is 276 g/mol. The third kappa shape index (κ3) is 2.22. The SMILES string of the molecule is C/C(=N/NC(=O)[C@@H]1[C@H]2CCCC[C@@]21C)c1cccs1. The zero-order chi connectivity index (χ0) is 13.5. The van der Waals surface area contributed by atoms with Crippen LogP contribution in [0.15, 0.2) is 22.6 Å². The number of carbonyl (C=O) groups excluding carboxylic acids is 1. The molecule has 4 heteroatoms. The van der Waals surface area contributed by atoms with E-state index < -0.39 is 0 Å². The number of hydrogen-bond donors (Lipinski definition) is 1. The lowest BCUT2D eigenvalue weighted by molar-refractivity contribution is -0.123.